The molecule has 2 aliphatic heterocycles. The first-order valence-corrected chi connectivity index (χ1v) is 11.3. The molecule has 2 bridgehead atoms. The van der Waals surface area contributed by atoms with Crippen LogP contribution >= 0.6 is 11.3 Å². The molecule has 8 nitrogen and oxygen atoms in total. The van der Waals surface area contributed by atoms with E-state index in [1.54, 1.807) is 12.4 Å². The maximum Gasteiger partial charge on any atom is 0.315 e. The first-order chi connectivity index (χ1) is 15.5. The maximum absolute atomic E-state index is 13.0. The highest BCUT2D eigenvalue weighted by molar-refractivity contribution is 7.15. The fourth-order valence-corrected chi connectivity index (χ4v) is 5.44. The van der Waals surface area contributed by atoms with Gasteiger partial charge in [-0.25, -0.2) is 9.97 Å². The van der Waals surface area contributed by atoms with Crippen molar-refractivity contribution in [2.45, 2.75) is 56.8 Å². The summed E-state index contributed by atoms with van der Waals surface area (Å²) in [6.45, 7) is -0.0754. The van der Waals surface area contributed by atoms with Gasteiger partial charge in [-0.3, -0.25) is 9.78 Å². The number of nitrogens with one attached hydrogen (secondary N) is 2. The van der Waals surface area contributed by atoms with Gasteiger partial charge < -0.3 is 20.6 Å². The quantitative estimate of drug-likeness (QED) is 0.517. The normalized spacial score (nSPS) is 22.5. The number of carbonyl (C=O) groups is 1. The van der Waals surface area contributed by atoms with E-state index in [0.29, 0.717) is 29.6 Å². The van der Waals surface area contributed by atoms with E-state index < -0.39 is 12.3 Å². The Hall–Kier alpha value is -2.92. The number of carbonyl (C=O) groups excluding carboxylic acids is 1. The zero-order valence-electron chi connectivity index (χ0n) is 17.0. The number of aliphatic hydroxyl groups excluding tert-OH is 1. The number of piperidine rings is 1. The number of thiazole rings is 1. The molecule has 3 N–H and O–H groups in total. The number of hydrogen-bond acceptors (Lipinski definition) is 8. The molecule has 0 aliphatic carbocycles. The van der Waals surface area contributed by atoms with Crippen LogP contribution in [0.4, 0.5) is 25.5 Å². The van der Waals surface area contributed by atoms with Crippen LogP contribution in [0.25, 0.3) is 10.9 Å². The molecule has 1 amide bonds. The van der Waals surface area contributed by atoms with E-state index in [1.165, 1.54) is 16.2 Å². The summed E-state index contributed by atoms with van der Waals surface area (Å²) in [4.78, 5) is 27.5. The van der Waals surface area contributed by atoms with Crippen molar-refractivity contribution in [2.75, 3.05) is 10.6 Å². The Balaban J connectivity index is 1.39. The third kappa shape index (κ3) is 3.97. The zero-order chi connectivity index (χ0) is 22.2. The smallest absolute Gasteiger partial charge is 0.315 e. The number of amides is 1. The van der Waals surface area contributed by atoms with Gasteiger partial charge in [-0.2, -0.15) is 8.78 Å². The highest BCUT2D eigenvalue weighted by Crippen LogP contribution is 2.38. The summed E-state index contributed by atoms with van der Waals surface area (Å²) in [5, 5.41) is 17.4. The Morgan fingerprint density at radius 3 is 2.75 bits per heavy atom. The van der Waals surface area contributed by atoms with Crippen LogP contribution in [0, 0.1) is 0 Å². The van der Waals surface area contributed by atoms with Crippen LogP contribution in [0.5, 0.6) is 0 Å². The number of rotatable bonds is 6. The van der Waals surface area contributed by atoms with E-state index in [9.17, 15) is 18.7 Å². The topological polar surface area (TPSA) is 103 Å². The molecule has 5 rings (SSSR count). The monoisotopic (exact) mass is 460 g/mol. The molecule has 168 valence electrons. The standard InChI is InChI=1S/C21H22F2N6O2S/c22-18(23)20(31)29-12-3-4-13(29)7-11(6-12)26-19-15-2-1-5-24-16(15)8-17(27-19)28-21-25-9-14(10-30)32-21/h1-2,5,8-9,11-13,18,30H,3-4,6-7,10H2,(H2,25,26,27,28)/t11?,12-,13+. The van der Waals surface area contributed by atoms with Crippen LogP contribution in [0.1, 0.15) is 30.6 Å². The van der Waals surface area contributed by atoms with Crippen molar-refractivity contribution in [3.05, 3.63) is 35.5 Å². The third-order valence-corrected chi connectivity index (χ3v) is 6.96. The van der Waals surface area contributed by atoms with Gasteiger partial charge in [0, 0.05) is 42.0 Å². The van der Waals surface area contributed by atoms with E-state index in [-0.39, 0.29) is 24.7 Å². The number of aromatic nitrogens is 3. The van der Waals surface area contributed by atoms with Crippen molar-refractivity contribution in [3.63, 3.8) is 0 Å². The zero-order valence-corrected chi connectivity index (χ0v) is 17.9. The highest BCUT2D eigenvalue weighted by atomic mass is 32.1. The third-order valence-electron chi connectivity index (χ3n) is 6.06. The Morgan fingerprint density at radius 1 is 1.28 bits per heavy atom. The molecule has 11 heteroatoms. The summed E-state index contributed by atoms with van der Waals surface area (Å²) >= 11 is 1.34. The SMILES string of the molecule is O=C(C(F)F)N1[C@@H]2CC[C@H]1CC(Nc1nc(Nc3ncc(CO)s3)cc3ncccc13)C2. The molecule has 0 radical (unpaired) electrons. The van der Waals surface area contributed by atoms with Crippen LogP contribution in [-0.2, 0) is 11.4 Å². The summed E-state index contributed by atoms with van der Waals surface area (Å²) in [7, 11) is 0. The number of halogens is 2. The Morgan fingerprint density at radius 2 is 2.06 bits per heavy atom. The summed E-state index contributed by atoms with van der Waals surface area (Å²) in [6, 6.07) is 5.26. The van der Waals surface area contributed by atoms with E-state index in [0.717, 1.165) is 28.6 Å². The minimum Gasteiger partial charge on any atom is -0.391 e. The molecule has 3 aromatic heterocycles. The van der Waals surface area contributed by atoms with Gasteiger partial charge in [-0.1, -0.05) is 11.3 Å². The predicted octanol–water partition coefficient (Wildman–Crippen LogP) is 3.52. The lowest BCUT2D eigenvalue weighted by Crippen LogP contribution is -2.51. The second-order valence-corrected chi connectivity index (χ2v) is 9.20. The van der Waals surface area contributed by atoms with Crippen LogP contribution in [0.15, 0.2) is 30.6 Å². The fraction of sp³-hybridized carbons (Fsp3) is 0.429. The minimum absolute atomic E-state index is 0.0150. The Kier molecular flexibility index (Phi) is 5.60. The van der Waals surface area contributed by atoms with Crippen molar-refractivity contribution in [3.8, 4) is 0 Å². The number of alkyl halides is 2. The Labute approximate surface area is 186 Å². The van der Waals surface area contributed by atoms with E-state index in [1.807, 2.05) is 18.2 Å². The molecule has 0 aromatic carbocycles. The van der Waals surface area contributed by atoms with Crippen molar-refractivity contribution in [1.82, 2.24) is 19.9 Å². The first kappa shape index (κ1) is 21.0. The average Bonchev–Trinajstić information content (AvgIpc) is 3.34. The molecule has 2 fully saturated rings. The maximum atomic E-state index is 13.0. The van der Waals surface area contributed by atoms with Gasteiger partial charge >= 0.3 is 6.43 Å². The molecule has 5 heterocycles. The molecule has 0 spiro atoms. The first-order valence-electron chi connectivity index (χ1n) is 10.5. The summed E-state index contributed by atoms with van der Waals surface area (Å²) < 4.78 is 26.0. The predicted molar refractivity (Wildman–Crippen MR) is 117 cm³/mol. The van der Waals surface area contributed by atoms with E-state index in [4.69, 9.17) is 4.98 Å². The summed E-state index contributed by atoms with van der Waals surface area (Å²) in [6.07, 6.45) is 3.04. The fourth-order valence-electron chi connectivity index (χ4n) is 4.76. The van der Waals surface area contributed by atoms with E-state index in [2.05, 4.69) is 20.6 Å². The second kappa shape index (κ2) is 8.55. The van der Waals surface area contributed by atoms with Gasteiger partial charge in [0.05, 0.1) is 17.0 Å². The lowest BCUT2D eigenvalue weighted by atomic mass is 9.97. The van der Waals surface area contributed by atoms with Crippen molar-refractivity contribution in [2.24, 2.45) is 0 Å². The van der Waals surface area contributed by atoms with Crippen LogP contribution in [0.3, 0.4) is 0 Å². The highest BCUT2D eigenvalue weighted by Gasteiger charge is 2.45. The lowest BCUT2D eigenvalue weighted by molar-refractivity contribution is -0.147. The number of aliphatic hydroxyl groups is 1. The molecule has 0 saturated carbocycles. The van der Waals surface area contributed by atoms with Crippen molar-refractivity contribution < 1.29 is 18.7 Å². The molecule has 2 aliphatic rings. The number of nitrogens with zero attached hydrogens (tertiary/aromatic N) is 4. The van der Waals surface area contributed by atoms with Gasteiger partial charge in [0.25, 0.3) is 5.91 Å². The van der Waals surface area contributed by atoms with Crippen molar-refractivity contribution >= 4 is 44.9 Å². The number of fused-ring (bicyclic) bond motifs is 3. The second-order valence-electron chi connectivity index (χ2n) is 8.08. The van der Waals surface area contributed by atoms with Crippen LogP contribution < -0.4 is 10.6 Å². The Bertz CT molecular complexity index is 1130. The molecule has 3 atom stereocenters. The molecule has 1 unspecified atom stereocenters. The van der Waals surface area contributed by atoms with Crippen LogP contribution in [0.2, 0.25) is 0 Å². The van der Waals surface area contributed by atoms with Crippen LogP contribution in [-0.4, -0.2) is 55.4 Å². The summed E-state index contributed by atoms with van der Waals surface area (Å²) in [5.41, 5.74) is 0.750. The van der Waals surface area contributed by atoms with Gasteiger partial charge in [0.15, 0.2) is 5.13 Å². The van der Waals surface area contributed by atoms with Gasteiger partial charge in [0.1, 0.15) is 11.6 Å². The van der Waals surface area contributed by atoms with Gasteiger partial charge in [-0.15, -0.1) is 0 Å². The van der Waals surface area contributed by atoms with Gasteiger partial charge in [-0.05, 0) is 37.8 Å². The minimum atomic E-state index is -2.96. The lowest BCUT2D eigenvalue weighted by Gasteiger charge is -2.39. The van der Waals surface area contributed by atoms with Gasteiger partial charge in [0.2, 0.25) is 0 Å². The molecule has 2 saturated heterocycles. The van der Waals surface area contributed by atoms with Crippen molar-refractivity contribution in [1.29, 1.82) is 0 Å². The largest absolute Gasteiger partial charge is 0.391 e. The number of anilines is 3. The molecular weight excluding hydrogens is 438 g/mol. The van der Waals surface area contributed by atoms with E-state index >= 15 is 0 Å². The molecular formula is C21H22F2N6O2S. The molecule has 3 aromatic rings. The summed E-state index contributed by atoms with van der Waals surface area (Å²) in [5.74, 6) is 0.154. The average molecular weight is 461 g/mol. The number of pyridine rings is 2. The number of hydrogen-bond donors (Lipinski definition) is 3. The molecule has 32 heavy (non-hydrogen) atoms.